The molecule has 0 aliphatic heterocycles. The Morgan fingerprint density at radius 2 is 1.84 bits per heavy atom. The van der Waals surface area contributed by atoms with E-state index in [9.17, 15) is 5.11 Å². The number of hydrogen-bond donors (Lipinski definition) is 1. The summed E-state index contributed by atoms with van der Waals surface area (Å²) in [7, 11) is 0.146. The molecule has 3 nitrogen and oxygen atoms in total. The Kier molecular flexibility index (Phi) is 7.09. The minimum atomic E-state index is -1.45. The van der Waals surface area contributed by atoms with E-state index in [4.69, 9.17) is 9.47 Å². The highest BCUT2D eigenvalue weighted by Gasteiger charge is 2.28. The van der Waals surface area contributed by atoms with Gasteiger partial charge in [-0.2, -0.15) is 0 Å². The first-order chi connectivity index (χ1) is 8.94. The lowest BCUT2D eigenvalue weighted by Crippen LogP contribution is -2.36. The normalized spacial score (nSPS) is 20.5. The van der Waals surface area contributed by atoms with E-state index in [1.165, 1.54) is 19.3 Å². The summed E-state index contributed by atoms with van der Waals surface area (Å²) in [5, 5.41) is 10.5. The fourth-order valence-electron chi connectivity index (χ4n) is 2.38. The van der Waals surface area contributed by atoms with Crippen LogP contribution in [0.2, 0.25) is 19.6 Å². The van der Waals surface area contributed by atoms with Gasteiger partial charge >= 0.3 is 0 Å². The average molecular weight is 284 g/mol. The SMILES string of the molecule is COCO[C@H](C#C[Si](C)(C)C)[C@@H](O)C1CCCCC1. The molecular weight excluding hydrogens is 256 g/mol. The fourth-order valence-corrected chi connectivity index (χ4v) is 2.95. The zero-order valence-electron chi connectivity index (χ0n) is 12.7. The summed E-state index contributed by atoms with van der Waals surface area (Å²) in [6.07, 6.45) is 4.98. The van der Waals surface area contributed by atoms with Crippen LogP contribution >= 0.6 is 0 Å². The molecule has 4 heteroatoms. The summed E-state index contributed by atoms with van der Waals surface area (Å²) < 4.78 is 10.5. The van der Waals surface area contributed by atoms with Gasteiger partial charge in [-0.25, -0.2) is 0 Å². The first-order valence-electron chi connectivity index (χ1n) is 7.25. The van der Waals surface area contributed by atoms with Crippen molar-refractivity contribution >= 4 is 8.07 Å². The highest BCUT2D eigenvalue weighted by molar-refractivity contribution is 6.83. The average Bonchev–Trinajstić information content (AvgIpc) is 2.38. The molecule has 0 unspecified atom stereocenters. The first kappa shape index (κ1) is 16.7. The van der Waals surface area contributed by atoms with Crippen LogP contribution in [0.5, 0.6) is 0 Å². The predicted octanol–water partition coefficient (Wildman–Crippen LogP) is 2.80. The lowest BCUT2D eigenvalue weighted by Gasteiger charge is -2.29. The zero-order chi connectivity index (χ0) is 14.3. The highest BCUT2D eigenvalue weighted by Crippen LogP contribution is 2.28. The van der Waals surface area contributed by atoms with Gasteiger partial charge in [0.05, 0.1) is 6.10 Å². The maximum absolute atomic E-state index is 10.5. The summed E-state index contributed by atoms with van der Waals surface area (Å²) >= 11 is 0. The van der Waals surface area contributed by atoms with Gasteiger partial charge in [0.2, 0.25) is 0 Å². The summed E-state index contributed by atoms with van der Waals surface area (Å²) in [5.41, 5.74) is 3.30. The van der Waals surface area contributed by atoms with Gasteiger partial charge in [-0.3, -0.25) is 0 Å². The lowest BCUT2D eigenvalue weighted by molar-refractivity contribution is -0.105. The van der Waals surface area contributed by atoms with Gasteiger partial charge in [-0.05, 0) is 18.8 Å². The van der Waals surface area contributed by atoms with Crippen LogP contribution in [-0.2, 0) is 9.47 Å². The number of aliphatic hydroxyl groups excluding tert-OH is 1. The second-order valence-electron chi connectivity index (χ2n) is 6.40. The van der Waals surface area contributed by atoms with Crippen LogP contribution < -0.4 is 0 Å². The van der Waals surface area contributed by atoms with Gasteiger partial charge in [0.15, 0.2) is 0 Å². The van der Waals surface area contributed by atoms with Crippen LogP contribution in [0.3, 0.4) is 0 Å². The van der Waals surface area contributed by atoms with E-state index < -0.39 is 20.3 Å². The molecular formula is C15H28O3Si. The van der Waals surface area contributed by atoms with Crippen molar-refractivity contribution in [2.24, 2.45) is 5.92 Å². The van der Waals surface area contributed by atoms with Crippen molar-refractivity contribution in [3.8, 4) is 11.5 Å². The van der Waals surface area contributed by atoms with Crippen LogP contribution in [0.1, 0.15) is 32.1 Å². The van der Waals surface area contributed by atoms with Gasteiger partial charge in [0.25, 0.3) is 0 Å². The van der Waals surface area contributed by atoms with Gasteiger partial charge in [0, 0.05) is 7.11 Å². The van der Waals surface area contributed by atoms with Crippen molar-refractivity contribution < 1.29 is 14.6 Å². The molecule has 19 heavy (non-hydrogen) atoms. The Hall–Kier alpha value is -0.343. The van der Waals surface area contributed by atoms with Gasteiger partial charge < -0.3 is 14.6 Å². The highest BCUT2D eigenvalue weighted by atomic mass is 28.3. The van der Waals surface area contributed by atoms with Crippen molar-refractivity contribution in [1.29, 1.82) is 0 Å². The second kappa shape index (κ2) is 8.06. The van der Waals surface area contributed by atoms with E-state index in [-0.39, 0.29) is 6.79 Å². The Bertz CT molecular complexity index is 308. The lowest BCUT2D eigenvalue weighted by atomic mass is 9.83. The molecule has 0 saturated heterocycles. The molecule has 1 rings (SSSR count). The van der Waals surface area contributed by atoms with Crippen LogP contribution in [0, 0.1) is 17.4 Å². The Balaban J connectivity index is 2.67. The number of methoxy groups -OCH3 is 1. The summed E-state index contributed by atoms with van der Waals surface area (Å²) in [4.78, 5) is 0. The number of rotatable bonds is 5. The molecule has 0 bridgehead atoms. The minimum absolute atomic E-state index is 0.189. The molecule has 1 N–H and O–H groups in total. The molecule has 0 radical (unpaired) electrons. The first-order valence-corrected chi connectivity index (χ1v) is 10.8. The van der Waals surface area contributed by atoms with Gasteiger partial charge in [-0.1, -0.05) is 44.8 Å². The molecule has 1 aliphatic carbocycles. The third-order valence-electron chi connectivity index (χ3n) is 3.40. The molecule has 110 valence electrons. The molecule has 0 spiro atoms. The van der Waals surface area contributed by atoms with E-state index in [0.29, 0.717) is 5.92 Å². The molecule has 0 heterocycles. The number of hydrogen-bond acceptors (Lipinski definition) is 3. The van der Waals surface area contributed by atoms with Crippen molar-refractivity contribution in [3.05, 3.63) is 0 Å². The van der Waals surface area contributed by atoms with Crippen molar-refractivity contribution in [1.82, 2.24) is 0 Å². The fraction of sp³-hybridized carbons (Fsp3) is 0.867. The second-order valence-corrected chi connectivity index (χ2v) is 11.2. The Labute approximate surface area is 118 Å². The van der Waals surface area contributed by atoms with Crippen LogP contribution in [-0.4, -0.2) is 39.3 Å². The van der Waals surface area contributed by atoms with Crippen LogP contribution in [0.15, 0.2) is 0 Å². The minimum Gasteiger partial charge on any atom is -0.389 e. The summed E-state index contributed by atoms with van der Waals surface area (Å²) in [5.74, 6) is 3.48. The largest absolute Gasteiger partial charge is 0.389 e. The van der Waals surface area contributed by atoms with Gasteiger partial charge in [0.1, 0.15) is 21.0 Å². The van der Waals surface area contributed by atoms with Crippen LogP contribution in [0.25, 0.3) is 0 Å². The van der Waals surface area contributed by atoms with Gasteiger partial charge in [-0.15, -0.1) is 5.54 Å². The molecule has 0 aromatic heterocycles. The third kappa shape index (κ3) is 6.58. The Morgan fingerprint density at radius 3 is 2.37 bits per heavy atom. The van der Waals surface area contributed by atoms with Crippen molar-refractivity contribution in [2.45, 2.75) is 64.0 Å². The summed E-state index contributed by atoms with van der Waals surface area (Å²) in [6, 6.07) is 0. The maximum Gasteiger partial charge on any atom is 0.148 e. The molecule has 1 fully saturated rings. The Morgan fingerprint density at radius 1 is 1.21 bits per heavy atom. The third-order valence-corrected chi connectivity index (χ3v) is 4.29. The predicted molar refractivity (Wildman–Crippen MR) is 80.5 cm³/mol. The van der Waals surface area contributed by atoms with Crippen LogP contribution in [0.4, 0.5) is 0 Å². The van der Waals surface area contributed by atoms with E-state index in [1.807, 2.05) is 0 Å². The van der Waals surface area contributed by atoms with E-state index in [2.05, 4.69) is 31.1 Å². The van der Waals surface area contributed by atoms with Crippen molar-refractivity contribution in [3.63, 3.8) is 0 Å². The number of ether oxygens (including phenoxy) is 2. The molecule has 0 aromatic carbocycles. The zero-order valence-corrected chi connectivity index (χ0v) is 13.7. The van der Waals surface area contributed by atoms with E-state index >= 15 is 0 Å². The topological polar surface area (TPSA) is 38.7 Å². The molecule has 0 amide bonds. The molecule has 2 atom stereocenters. The number of aliphatic hydroxyl groups is 1. The van der Waals surface area contributed by atoms with E-state index in [0.717, 1.165) is 12.8 Å². The van der Waals surface area contributed by atoms with Crippen molar-refractivity contribution in [2.75, 3.05) is 13.9 Å². The molecule has 0 aromatic rings. The standard InChI is InChI=1S/C15H28O3Si/c1-17-12-18-14(10-11-19(2,3)4)15(16)13-8-6-5-7-9-13/h13-16H,5-9,12H2,1-4H3/t14-,15+/m1/s1. The summed E-state index contributed by atoms with van der Waals surface area (Å²) in [6.45, 7) is 6.77. The molecule has 1 aliphatic rings. The maximum atomic E-state index is 10.5. The smallest absolute Gasteiger partial charge is 0.148 e. The van der Waals surface area contributed by atoms with E-state index in [1.54, 1.807) is 7.11 Å². The quantitative estimate of drug-likeness (QED) is 0.479. The monoisotopic (exact) mass is 284 g/mol. The molecule has 1 saturated carbocycles.